The first-order valence-electron chi connectivity index (χ1n) is 7.18. The summed E-state index contributed by atoms with van der Waals surface area (Å²) in [6.45, 7) is 10.2. The summed E-state index contributed by atoms with van der Waals surface area (Å²) in [5.41, 5.74) is 5.43. The largest absolute Gasteiger partial charge is 0.379 e. The minimum atomic E-state index is 0.617. The molecule has 0 spiro atoms. The summed E-state index contributed by atoms with van der Waals surface area (Å²) in [6, 6.07) is 1.38. The molecule has 0 saturated heterocycles. The van der Waals surface area contributed by atoms with E-state index in [1.807, 2.05) is 0 Å². The van der Waals surface area contributed by atoms with Crippen molar-refractivity contribution >= 4 is 0 Å². The first kappa shape index (κ1) is 14.9. The molecule has 102 valence electrons. The maximum absolute atomic E-state index is 5.51. The molecule has 0 radical (unpaired) electrons. The third-order valence-corrected chi connectivity index (χ3v) is 3.80. The maximum atomic E-state index is 5.51. The number of hydrogen-bond donors (Lipinski definition) is 1. The predicted molar refractivity (Wildman–Crippen MR) is 73.1 cm³/mol. The van der Waals surface area contributed by atoms with E-state index in [-0.39, 0.29) is 0 Å². The molecule has 0 aliphatic heterocycles. The summed E-state index contributed by atoms with van der Waals surface area (Å²) < 4.78 is 5.51. The highest BCUT2D eigenvalue weighted by Crippen LogP contribution is 2.28. The molecule has 1 aliphatic carbocycles. The van der Waals surface area contributed by atoms with Crippen LogP contribution in [0.2, 0.25) is 0 Å². The normalized spacial score (nSPS) is 25.8. The lowest BCUT2D eigenvalue weighted by Gasteiger charge is -2.39. The van der Waals surface area contributed by atoms with Gasteiger partial charge in [-0.25, -0.2) is 0 Å². The summed E-state index contributed by atoms with van der Waals surface area (Å²) in [4.78, 5) is 2.62. The maximum Gasteiger partial charge on any atom is 0.0594 e. The van der Waals surface area contributed by atoms with Gasteiger partial charge in [-0.2, -0.15) is 0 Å². The lowest BCUT2D eigenvalue weighted by atomic mass is 9.86. The third kappa shape index (κ3) is 5.36. The Morgan fingerprint density at radius 1 is 1.29 bits per heavy atom. The summed E-state index contributed by atoms with van der Waals surface area (Å²) in [7, 11) is 0. The zero-order valence-electron chi connectivity index (χ0n) is 11.8. The van der Waals surface area contributed by atoms with Gasteiger partial charge >= 0.3 is 0 Å². The zero-order chi connectivity index (χ0) is 12.7. The third-order valence-electron chi connectivity index (χ3n) is 3.80. The molecule has 0 aromatic heterocycles. The number of nitrogens with two attached hydrogens (primary N) is 1. The van der Waals surface area contributed by atoms with Gasteiger partial charge in [0.15, 0.2) is 0 Å². The predicted octanol–water partition coefficient (Wildman–Crippen LogP) is 2.25. The number of rotatable bonds is 7. The lowest BCUT2D eigenvalue weighted by Crippen LogP contribution is -2.44. The van der Waals surface area contributed by atoms with Crippen LogP contribution in [0.3, 0.4) is 0 Å². The molecule has 3 heteroatoms. The van der Waals surface area contributed by atoms with Crippen LogP contribution in [0.5, 0.6) is 0 Å². The average molecular weight is 242 g/mol. The van der Waals surface area contributed by atoms with E-state index < -0.39 is 0 Å². The molecular formula is C14H30N2O. The SMILES string of the molecule is CC1CCCC(N(CCOCCN)C(C)C)C1. The van der Waals surface area contributed by atoms with E-state index in [2.05, 4.69) is 25.7 Å². The van der Waals surface area contributed by atoms with Crippen LogP contribution in [0.4, 0.5) is 0 Å². The van der Waals surface area contributed by atoms with E-state index in [0.29, 0.717) is 19.2 Å². The van der Waals surface area contributed by atoms with Crippen molar-refractivity contribution in [3.05, 3.63) is 0 Å². The fraction of sp³-hybridized carbons (Fsp3) is 1.00. The molecule has 2 atom stereocenters. The summed E-state index contributed by atoms with van der Waals surface area (Å²) in [5, 5.41) is 0. The van der Waals surface area contributed by atoms with Gasteiger partial charge in [0.05, 0.1) is 13.2 Å². The molecule has 1 aliphatic rings. The first-order valence-corrected chi connectivity index (χ1v) is 7.18. The van der Waals surface area contributed by atoms with Crippen molar-refractivity contribution < 1.29 is 4.74 Å². The van der Waals surface area contributed by atoms with Crippen molar-refractivity contribution in [1.29, 1.82) is 0 Å². The highest BCUT2D eigenvalue weighted by molar-refractivity contribution is 4.80. The molecule has 0 amide bonds. The van der Waals surface area contributed by atoms with Crippen molar-refractivity contribution in [2.75, 3.05) is 26.3 Å². The molecule has 2 N–H and O–H groups in total. The van der Waals surface area contributed by atoms with E-state index in [1.54, 1.807) is 0 Å². The molecule has 2 unspecified atom stereocenters. The second kappa shape index (κ2) is 8.06. The van der Waals surface area contributed by atoms with Crippen LogP contribution < -0.4 is 5.73 Å². The monoisotopic (exact) mass is 242 g/mol. The van der Waals surface area contributed by atoms with Gasteiger partial charge in [0.25, 0.3) is 0 Å². The van der Waals surface area contributed by atoms with Gasteiger partial charge in [-0.1, -0.05) is 19.8 Å². The second-order valence-corrected chi connectivity index (χ2v) is 5.66. The molecule has 0 bridgehead atoms. The van der Waals surface area contributed by atoms with E-state index in [1.165, 1.54) is 25.7 Å². The van der Waals surface area contributed by atoms with Crippen LogP contribution in [0, 0.1) is 5.92 Å². The Bertz CT molecular complexity index is 197. The first-order chi connectivity index (χ1) is 8.15. The van der Waals surface area contributed by atoms with Crippen LogP contribution >= 0.6 is 0 Å². The topological polar surface area (TPSA) is 38.5 Å². The molecular weight excluding hydrogens is 212 g/mol. The lowest BCUT2D eigenvalue weighted by molar-refractivity contribution is 0.0540. The van der Waals surface area contributed by atoms with Gasteiger partial charge < -0.3 is 10.5 Å². The van der Waals surface area contributed by atoms with Crippen LogP contribution in [-0.4, -0.2) is 43.3 Å². The molecule has 17 heavy (non-hydrogen) atoms. The second-order valence-electron chi connectivity index (χ2n) is 5.66. The van der Waals surface area contributed by atoms with Gasteiger partial charge in [-0.3, -0.25) is 4.90 Å². The Morgan fingerprint density at radius 2 is 2.06 bits per heavy atom. The summed E-state index contributed by atoms with van der Waals surface area (Å²) in [6.07, 6.45) is 5.51. The Kier molecular flexibility index (Phi) is 7.09. The van der Waals surface area contributed by atoms with Crippen molar-refractivity contribution in [1.82, 2.24) is 4.90 Å². The van der Waals surface area contributed by atoms with Crippen molar-refractivity contribution in [3.8, 4) is 0 Å². The smallest absolute Gasteiger partial charge is 0.0594 e. The van der Waals surface area contributed by atoms with E-state index in [0.717, 1.165) is 25.1 Å². The zero-order valence-corrected chi connectivity index (χ0v) is 11.8. The molecule has 0 aromatic carbocycles. The Balaban J connectivity index is 2.36. The van der Waals surface area contributed by atoms with E-state index in [9.17, 15) is 0 Å². The van der Waals surface area contributed by atoms with Gasteiger partial charge in [0.1, 0.15) is 0 Å². The van der Waals surface area contributed by atoms with Gasteiger partial charge in [-0.15, -0.1) is 0 Å². The van der Waals surface area contributed by atoms with Gasteiger partial charge in [-0.05, 0) is 32.6 Å². The highest BCUT2D eigenvalue weighted by atomic mass is 16.5. The van der Waals surface area contributed by atoms with Crippen molar-refractivity contribution in [2.45, 2.75) is 58.5 Å². The van der Waals surface area contributed by atoms with Gasteiger partial charge in [0, 0.05) is 25.2 Å². The van der Waals surface area contributed by atoms with Crippen LogP contribution in [0.25, 0.3) is 0 Å². The summed E-state index contributed by atoms with van der Waals surface area (Å²) >= 11 is 0. The minimum absolute atomic E-state index is 0.617. The number of hydrogen-bond acceptors (Lipinski definition) is 3. The number of nitrogens with zero attached hydrogens (tertiary/aromatic N) is 1. The fourth-order valence-corrected chi connectivity index (χ4v) is 2.92. The van der Waals surface area contributed by atoms with Crippen LogP contribution in [-0.2, 0) is 4.74 Å². The fourth-order valence-electron chi connectivity index (χ4n) is 2.92. The molecule has 1 rings (SSSR count). The van der Waals surface area contributed by atoms with Crippen LogP contribution in [0.15, 0.2) is 0 Å². The van der Waals surface area contributed by atoms with Crippen molar-refractivity contribution in [2.24, 2.45) is 11.7 Å². The molecule has 1 saturated carbocycles. The van der Waals surface area contributed by atoms with Gasteiger partial charge in [0.2, 0.25) is 0 Å². The Labute approximate surface area is 107 Å². The quantitative estimate of drug-likeness (QED) is 0.696. The molecule has 3 nitrogen and oxygen atoms in total. The highest BCUT2D eigenvalue weighted by Gasteiger charge is 2.25. The standard InChI is InChI=1S/C14H30N2O/c1-12(2)16(8-10-17-9-7-15)14-6-4-5-13(3)11-14/h12-14H,4-11,15H2,1-3H3. The number of ether oxygens (including phenoxy) is 1. The van der Waals surface area contributed by atoms with E-state index in [4.69, 9.17) is 10.5 Å². The molecule has 1 fully saturated rings. The average Bonchev–Trinajstić information content (AvgIpc) is 2.28. The summed E-state index contributed by atoms with van der Waals surface area (Å²) in [5.74, 6) is 0.889. The Morgan fingerprint density at radius 3 is 2.65 bits per heavy atom. The molecule has 0 aromatic rings. The Hall–Kier alpha value is -0.120. The van der Waals surface area contributed by atoms with Crippen LogP contribution in [0.1, 0.15) is 46.5 Å². The van der Waals surface area contributed by atoms with E-state index >= 15 is 0 Å². The molecule has 0 heterocycles. The minimum Gasteiger partial charge on any atom is -0.379 e. The van der Waals surface area contributed by atoms with Crippen molar-refractivity contribution in [3.63, 3.8) is 0 Å².